The molecule has 428 valence electrons. The third kappa shape index (κ3) is 19.1. The first kappa shape index (κ1) is 63.9. The van der Waals surface area contributed by atoms with Crippen molar-refractivity contribution in [2.75, 3.05) is 58.8 Å². The lowest BCUT2D eigenvalue weighted by Crippen LogP contribution is -2.60. The van der Waals surface area contributed by atoms with E-state index in [4.69, 9.17) is 10.5 Å². The summed E-state index contributed by atoms with van der Waals surface area (Å²) in [5, 5.41) is 17.0. The van der Waals surface area contributed by atoms with Crippen molar-refractivity contribution >= 4 is 70.9 Å². The number of carbonyl (C=O) groups is 9. The third-order valence-corrected chi connectivity index (χ3v) is 14.7. The molecule has 0 spiro atoms. The first-order valence-electron chi connectivity index (χ1n) is 26.5. The van der Waals surface area contributed by atoms with E-state index >= 15 is 0 Å². The number of hydrogen-bond donors (Lipinski definition) is 8. The van der Waals surface area contributed by atoms with Crippen molar-refractivity contribution in [3.8, 4) is 0 Å². The number of carbonyl (C=O) groups excluding carboxylic acids is 9. The van der Waals surface area contributed by atoms with Crippen LogP contribution < -0.4 is 42.4 Å². The van der Waals surface area contributed by atoms with Gasteiger partial charge in [-0.05, 0) is 104 Å². The number of likely N-dealkylation sites (N-methyl/N-ethyl adjacent to an activating group) is 2. The molecule has 0 radical (unpaired) electrons. The van der Waals surface area contributed by atoms with Crippen LogP contribution in [0.4, 0.5) is 10.5 Å². The molecule has 0 fully saturated rings. The second-order valence-electron chi connectivity index (χ2n) is 23.4. The summed E-state index contributed by atoms with van der Waals surface area (Å²) in [5.41, 5.74) is 6.63. The molecule has 0 saturated carbocycles. The van der Waals surface area contributed by atoms with E-state index in [2.05, 4.69) is 36.6 Å². The first-order chi connectivity index (χ1) is 36.5. The quantitative estimate of drug-likeness (QED) is 0.0252. The van der Waals surface area contributed by atoms with Gasteiger partial charge in [-0.3, -0.25) is 48.0 Å². The van der Waals surface area contributed by atoms with Gasteiger partial charge in [-0.1, -0.05) is 98.7 Å². The first-order valence-corrected chi connectivity index (χ1v) is 27.4. The number of ether oxygens (including phenoxy) is 1. The molecule has 78 heavy (non-hydrogen) atoms. The Morgan fingerprint density at radius 2 is 1.42 bits per heavy atom. The van der Waals surface area contributed by atoms with E-state index in [1.807, 2.05) is 98.7 Å². The average molecular weight is 1100 g/mol. The van der Waals surface area contributed by atoms with Crippen LogP contribution in [0.15, 0.2) is 71.2 Å². The van der Waals surface area contributed by atoms with Crippen molar-refractivity contribution in [2.45, 2.75) is 143 Å². The molecular formula is C57H84N10O10S. The molecular weight excluding hydrogens is 1020 g/mol. The number of primary amides is 1. The standard InChI is InChI=1S/C57H84N10O10S/c1-36(28-30-66(12)52(75)48(54(2,3)4)64-51(74)47(59-11)57(9,10)37-19-14-13-15-20-37)49(72)65-78-42-25-24-40(38-21-16-17-22-39(38)42)63-50(73)41(23-18-29-60-53(58)76)62-44(69)32-61-43(68)31-55(5,6)34-77-35-56(7,8)33-67-45(70)26-27-46(67)71/h13-15,19-20,24-28,41,47-48,59H,16-18,21-23,29-35H2,1-12H3,(H,61,68)(H,62,69)(H,63,73)(H,64,74)(H,65,72)(H3,58,60,76)/b36-28+. The molecule has 1 aliphatic carbocycles. The Hall–Kier alpha value is -6.58. The lowest BCUT2D eigenvalue weighted by molar-refractivity contribution is -0.139. The molecule has 3 atom stereocenters. The van der Waals surface area contributed by atoms with Crippen molar-refractivity contribution in [3.05, 3.63) is 83.0 Å². The maximum Gasteiger partial charge on any atom is 0.312 e. The van der Waals surface area contributed by atoms with Crippen molar-refractivity contribution in [2.24, 2.45) is 22.0 Å². The minimum absolute atomic E-state index is 0.0184. The molecule has 3 unspecified atom stereocenters. The maximum atomic E-state index is 14.0. The molecule has 2 aliphatic rings. The van der Waals surface area contributed by atoms with Gasteiger partial charge >= 0.3 is 6.03 Å². The Morgan fingerprint density at radius 3 is 2.04 bits per heavy atom. The largest absolute Gasteiger partial charge is 0.380 e. The minimum atomic E-state index is -1.04. The summed E-state index contributed by atoms with van der Waals surface area (Å²) >= 11 is 1.16. The highest BCUT2D eigenvalue weighted by molar-refractivity contribution is 7.98. The number of amides is 10. The number of benzene rings is 2. The monoisotopic (exact) mass is 1100 g/mol. The third-order valence-electron chi connectivity index (χ3n) is 13.8. The highest BCUT2D eigenvalue weighted by Crippen LogP contribution is 2.35. The summed E-state index contributed by atoms with van der Waals surface area (Å²) in [5.74, 6) is -3.22. The zero-order valence-electron chi connectivity index (χ0n) is 47.7. The summed E-state index contributed by atoms with van der Waals surface area (Å²) < 4.78 is 8.87. The molecule has 9 N–H and O–H groups in total. The predicted molar refractivity (Wildman–Crippen MR) is 301 cm³/mol. The number of rotatable bonds is 28. The number of anilines is 1. The second-order valence-corrected chi connectivity index (χ2v) is 24.3. The van der Waals surface area contributed by atoms with Crippen molar-refractivity contribution in [1.82, 2.24) is 41.1 Å². The van der Waals surface area contributed by atoms with Gasteiger partial charge in [0.1, 0.15) is 12.1 Å². The lowest BCUT2D eigenvalue weighted by Gasteiger charge is -2.38. The van der Waals surface area contributed by atoms with E-state index in [9.17, 15) is 43.2 Å². The van der Waals surface area contributed by atoms with Crippen LogP contribution in [0.2, 0.25) is 0 Å². The van der Waals surface area contributed by atoms with Crippen molar-refractivity contribution in [1.29, 1.82) is 0 Å². The predicted octanol–water partition coefficient (Wildman–Crippen LogP) is 4.56. The Morgan fingerprint density at radius 1 is 0.795 bits per heavy atom. The number of urea groups is 1. The van der Waals surface area contributed by atoms with Crippen LogP contribution in [0.1, 0.15) is 118 Å². The molecule has 20 nitrogen and oxygen atoms in total. The summed E-state index contributed by atoms with van der Waals surface area (Å²) in [7, 11) is 3.36. The molecule has 2 aromatic carbocycles. The van der Waals surface area contributed by atoms with Crippen LogP contribution in [0.3, 0.4) is 0 Å². The van der Waals surface area contributed by atoms with Gasteiger partial charge in [-0.15, -0.1) is 0 Å². The molecule has 0 aromatic heterocycles. The lowest BCUT2D eigenvalue weighted by atomic mass is 9.76. The van der Waals surface area contributed by atoms with Gasteiger partial charge in [0.05, 0.1) is 25.8 Å². The Labute approximate surface area is 464 Å². The molecule has 0 bridgehead atoms. The molecule has 10 amide bonds. The smallest absolute Gasteiger partial charge is 0.312 e. The van der Waals surface area contributed by atoms with Crippen LogP contribution in [0, 0.1) is 16.2 Å². The number of fused-ring (bicyclic) bond motifs is 1. The number of hydrogen-bond acceptors (Lipinski definition) is 12. The Kier molecular flexibility index (Phi) is 23.2. The fraction of sp³-hybridized carbons (Fsp3) is 0.561. The minimum Gasteiger partial charge on any atom is -0.380 e. The Balaban J connectivity index is 1.34. The fourth-order valence-corrected chi connectivity index (χ4v) is 10.1. The SMILES string of the molecule is CNC(C(=O)NC(C(=O)N(C)C/C=C(\C)C(=O)NSc1ccc(NC(=O)C(CCCNC(N)=O)NC(=O)CNC(=O)CC(C)(C)COCC(C)(C)CN2C(=O)C=CC2=O)c2c1CCCC2)C(C)(C)C)C(C)(C)c1ccccc1. The van der Waals surface area contributed by atoms with Crippen LogP contribution >= 0.6 is 11.9 Å². The van der Waals surface area contributed by atoms with Crippen LogP contribution in [0.5, 0.6) is 0 Å². The average Bonchev–Trinajstić information content (AvgIpc) is 3.69. The highest BCUT2D eigenvalue weighted by Gasteiger charge is 2.41. The molecule has 1 heterocycles. The molecule has 2 aromatic rings. The zero-order chi connectivity index (χ0) is 58.2. The van der Waals surface area contributed by atoms with Gasteiger partial charge in [0.15, 0.2) is 0 Å². The van der Waals surface area contributed by atoms with E-state index in [0.717, 1.165) is 51.3 Å². The maximum absolute atomic E-state index is 14.0. The summed E-state index contributed by atoms with van der Waals surface area (Å²) in [6.45, 7) is 19.2. The van der Waals surface area contributed by atoms with Crippen molar-refractivity contribution < 1.29 is 47.9 Å². The fourth-order valence-electron chi connectivity index (χ4n) is 9.28. The highest BCUT2D eigenvalue weighted by atomic mass is 32.2. The number of imide groups is 1. The summed E-state index contributed by atoms with van der Waals surface area (Å²) in [6, 6.07) is 10.0. The number of nitrogens with two attached hydrogens (primary N) is 1. The van der Waals surface area contributed by atoms with E-state index in [1.165, 1.54) is 17.1 Å². The molecule has 4 rings (SSSR count). The van der Waals surface area contributed by atoms with Crippen LogP contribution in [-0.2, 0) is 61.3 Å². The van der Waals surface area contributed by atoms with E-state index in [-0.39, 0.29) is 75.2 Å². The van der Waals surface area contributed by atoms with Gasteiger partial charge in [-0.2, -0.15) is 0 Å². The van der Waals surface area contributed by atoms with E-state index in [0.29, 0.717) is 30.5 Å². The zero-order valence-corrected chi connectivity index (χ0v) is 48.5. The number of nitrogens with one attached hydrogen (secondary N) is 7. The normalized spacial score (nSPS) is 15.1. The Bertz CT molecular complexity index is 2560. The van der Waals surface area contributed by atoms with Crippen LogP contribution in [0.25, 0.3) is 0 Å². The van der Waals surface area contributed by atoms with Gasteiger partial charge in [-0.25, -0.2) is 4.79 Å². The number of nitrogens with zero attached hydrogens (tertiary/aromatic N) is 2. The van der Waals surface area contributed by atoms with Gasteiger partial charge < -0.3 is 47.3 Å². The second kappa shape index (κ2) is 28.3. The van der Waals surface area contributed by atoms with Crippen molar-refractivity contribution in [3.63, 3.8) is 0 Å². The van der Waals surface area contributed by atoms with E-state index in [1.54, 1.807) is 33.2 Å². The molecule has 1 aliphatic heterocycles. The molecule has 21 heteroatoms. The summed E-state index contributed by atoms with van der Waals surface area (Å²) in [4.78, 5) is 121. The van der Waals surface area contributed by atoms with E-state index < -0.39 is 70.1 Å². The van der Waals surface area contributed by atoms with Crippen LogP contribution in [-0.4, -0.2) is 135 Å². The molecule has 0 saturated heterocycles. The van der Waals surface area contributed by atoms with Gasteiger partial charge in [0.25, 0.3) is 17.7 Å². The summed E-state index contributed by atoms with van der Waals surface area (Å²) in [6.07, 6.45) is 7.71. The van der Waals surface area contributed by atoms with Gasteiger partial charge in [0.2, 0.25) is 29.5 Å². The topological polar surface area (TPSA) is 280 Å². The van der Waals surface area contributed by atoms with Gasteiger partial charge in [0, 0.05) is 72.2 Å².